The molecule has 0 unspecified atom stereocenters. The molecule has 35 heavy (non-hydrogen) atoms. The molecule has 9 heteroatoms. The molecule has 0 saturated carbocycles. The second-order valence-electron chi connectivity index (χ2n) is 7.35. The highest BCUT2D eigenvalue weighted by atomic mass is 16.5. The standard InChI is InChI=1S/C26H26N4O5/c1-3-34-22-14-12-20(13-15-22)28-24(31)17-35-23-7-5-4-6-19(23)16-27-30-26(33)25(32)29-21-10-8-18(2)9-11-21/h4-16H,3,17H2,1-2H3,(H,28,31)(H,29,32)(H,30,33)/b27-16-. The van der Waals surface area contributed by atoms with Gasteiger partial charge < -0.3 is 20.1 Å². The fourth-order valence-electron chi connectivity index (χ4n) is 2.90. The predicted molar refractivity (Wildman–Crippen MR) is 134 cm³/mol. The van der Waals surface area contributed by atoms with E-state index in [-0.39, 0.29) is 12.5 Å². The Morgan fingerprint density at radius 3 is 2.20 bits per heavy atom. The third kappa shape index (κ3) is 8.01. The molecule has 0 aliphatic rings. The molecule has 3 N–H and O–H groups in total. The SMILES string of the molecule is CCOc1ccc(NC(=O)COc2ccccc2/C=N\NC(=O)C(=O)Nc2ccc(C)cc2)cc1. The van der Waals surface area contributed by atoms with E-state index in [1.165, 1.54) is 6.21 Å². The molecule has 3 rings (SSSR count). The first-order chi connectivity index (χ1) is 16.9. The van der Waals surface area contributed by atoms with Gasteiger partial charge in [0.2, 0.25) is 0 Å². The predicted octanol–water partition coefficient (Wildman–Crippen LogP) is 3.50. The van der Waals surface area contributed by atoms with Gasteiger partial charge in [0.05, 0.1) is 12.8 Å². The van der Waals surface area contributed by atoms with Crippen molar-refractivity contribution in [3.8, 4) is 11.5 Å². The van der Waals surface area contributed by atoms with Crippen LogP contribution in [0.2, 0.25) is 0 Å². The van der Waals surface area contributed by atoms with Crippen molar-refractivity contribution in [2.45, 2.75) is 13.8 Å². The average Bonchev–Trinajstić information content (AvgIpc) is 2.86. The number of para-hydroxylation sites is 1. The second kappa shape index (κ2) is 12.5. The summed E-state index contributed by atoms with van der Waals surface area (Å²) in [5, 5.41) is 9.05. The summed E-state index contributed by atoms with van der Waals surface area (Å²) in [5.74, 6) is -1.01. The van der Waals surface area contributed by atoms with Gasteiger partial charge in [0.15, 0.2) is 6.61 Å². The van der Waals surface area contributed by atoms with Gasteiger partial charge in [0, 0.05) is 16.9 Å². The normalized spacial score (nSPS) is 10.5. The molecule has 0 heterocycles. The van der Waals surface area contributed by atoms with Crippen LogP contribution in [0.3, 0.4) is 0 Å². The van der Waals surface area contributed by atoms with E-state index in [1.54, 1.807) is 60.7 Å². The lowest BCUT2D eigenvalue weighted by atomic mass is 10.2. The molecule has 0 saturated heterocycles. The Balaban J connectivity index is 1.50. The molecule has 0 aromatic heterocycles. The maximum Gasteiger partial charge on any atom is 0.329 e. The average molecular weight is 475 g/mol. The maximum atomic E-state index is 12.3. The number of nitrogens with zero attached hydrogens (tertiary/aromatic N) is 1. The fraction of sp³-hybridized carbons (Fsp3) is 0.154. The van der Waals surface area contributed by atoms with Crippen LogP contribution < -0.4 is 25.5 Å². The molecule has 0 atom stereocenters. The number of hydrazone groups is 1. The van der Waals surface area contributed by atoms with Gasteiger partial charge in [-0.25, -0.2) is 5.43 Å². The van der Waals surface area contributed by atoms with Crippen molar-refractivity contribution < 1.29 is 23.9 Å². The highest BCUT2D eigenvalue weighted by molar-refractivity contribution is 6.39. The number of benzene rings is 3. The lowest BCUT2D eigenvalue weighted by Crippen LogP contribution is -2.32. The Labute approximate surface area is 203 Å². The van der Waals surface area contributed by atoms with E-state index in [0.717, 1.165) is 11.3 Å². The zero-order chi connectivity index (χ0) is 25.0. The van der Waals surface area contributed by atoms with E-state index in [1.807, 2.05) is 26.0 Å². The van der Waals surface area contributed by atoms with Gasteiger partial charge in [-0.15, -0.1) is 0 Å². The van der Waals surface area contributed by atoms with Crippen LogP contribution in [-0.4, -0.2) is 37.1 Å². The molecule has 0 fully saturated rings. The summed E-state index contributed by atoms with van der Waals surface area (Å²) in [4.78, 5) is 36.3. The van der Waals surface area contributed by atoms with E-state index < -0.39 is 11.8 Å². The topological polar surface area (TPSA) is 118 Å². The van der Waals surface area contributed by atoms with Gasteiger partial charge in [0.1, 0.15) is 11.5 Å². The van der Waals surface area contributed by atoms with Crippen LogP contribution in [0.4, 0.5) is 11.4 Å². The van der Waals surface area contributed by atoms with Crippen molar-refractivity contribution in [1.29, 1.82) is 0 Å². The Kier molecular flexibility index (Phi) is 8.95. The summed E-state index contributed by atoms with van der Waals surface area (Å²) in [6.45, 7) is 4.14. The van der Waals surface area contributed by atoms with Crippen LogP contribution >= 0.6 is 0 Å². The largest absolute Gasteiger partial charge is 0.494 e. The van der Waals surface area contributed by atoms with Gasteiger partial charge in [-0.2, -0.15) is 5.10 Å². The molecule has 0 spiro atoms. The van der Waals surface area contributed by atoms with Crippen molar-refractivity contribution >= 4 is 35.3 Å². The Bertz CT molecular complexity index is 1190. The van der Waals surface area contributed by atoms with Crippen molar-refractivity contribution in [2.24, 2.45) is 5.10 Å². The van der Waals surface area contributed by atoms with E-state index in [2.05, 4.69) is 21.2 Å². The number of ether oxygens (including phenoxy) is 2. The first-order valence-electron chi connectivity index (χ1n) is 10.9. The van der Waals surface area contributed by atoms with Crippen LogP contribution in [0.15, 0.2) is 77.9 Å². The molecule has 0 radical (unpaired) electrons. The zero-order valence-electron chi connectivity index (χ0n) is 19.4. The van der Waals surface area contributed by atoms with Crippen LogP contribution in [0.5, 0.6) is 11.5 Å². The molecule has 9 nitrogen and oxygen atoms in total. The van der Waals surface area contributed by atoms with Crippen molar-refractivity contribution in [3.05, 3.63) is 83.9 Å². The van der Waals surface area contributed by atoms with Gasteiger partial charge in [-0.05, 0) is 62.4 Å². The Morgan fingerprint density at radius 1 is 0.829 bits per heavy atom. The van der Waals surface area contributed by atoms with E-state index in [0.29, 0.717) is 29.3 Å². The summed E-state index contributed by atoms with van der Waals surface area (Å²) in [6, 6.07) is 20.9. The highest BCUT2D eigenvalue weighted by Crippen LogP contribution is 2.17. The van der Waals surface area contributed by atoms with Gasteiger partial charge in [-0.3, -0.25) is 14.4 Å². The number of carbonyl (C=O) groups excluding carboxylic acids is 3. The molecule has 0 bridgehead atoms. The molecular weight excluding hydrogens is 448 g/mol. The van der Waals surface area contributed by atoms with Crippen LogP contribution in [0.25, 0.3) is 0 Å². The number of hydrogen-bond acceptors (Lipinski definition) is 6. The molecular formula is C26H26N4O5. The van der Waals surface area contributed by atoms with Crippen LogP contribution in [-0.2, 0) is 14.4 Å². The minimum absolute atomic E-state index is 0.233. The fourth-order valence-corrected chi connectivity index (χ4v) is 2.90. The molecule has 0 aliphatic carbocycles. The van der Waals surface area contributed by atoms with E-state index >= 15 is 0 Å². The van der Waals surface area contributed by atoms with Crippen molar-refractivity contribution in [1.82, 2.24) is 5.43 Å². The number of aryl methyl sites for hydroxylation is 1. The van der Waals surface area contributed by atoms with Gasteiger partial charge in [-0.1, -0.05) is 29.8 Å². The van der Waals surface area contributed by atoms with E-state index in [4.69, 9.17) is 9.47 Å². The first-order valence-corrected chi connectivity index (χ1v) is 10.9. The quantitative estimate of drug-likeness (QED) is 0.249. The Morgan fingerprint density at radius 2 is 1.49 bits per heavy atom. The lowest BCUT2D eigenvalue weighted by Gasteiger charge is -2.10. The number of nitrogens with one attached hydrogen (secondary N) is 3. The summed E-state index contributed by atoms with van der Waals surface area (Å²) in [5.41, 5.74) is 4.84. The molecule has 0 aliphatic heterocycles. The minimum Gasteiger partial charge on any atom is -0.494 e. The third-order valence-corrected chi connectivity index (χ3v) is 4.61. The number of rotatable bonds is 9. The smallest absolute Gasteiger partial charge is 0.329 e. The molecule has 3 aromatic rings. The van der Waals surface area contributed by atoms with Gasteiger partial charge in [0.25, 0.3) is 5.91 Å². The number of anilines is 2. The monoisotopic (exact) mass is 474 g/mol. The number of hydrogen-bond donors (Lipinski definition) is 3. The number of carbonyl (C=O) groups is 3. The van der Waals surface area contributed by atoms with Crippen LogP contribution in [0, 0.1) is 6.92 Å². The van der Waals surface area contributed by atoms with Crippen molar-refractivity contribution in [2.75, 3.05) is 23.8 Å². The molecule has 180 valence electrons. The molecule has 3 amide bonds. The number of amides is 3. The summed E-state index contributed by atoms with van der Waals surface area (Å²) in [6.07, 6.45) is 1.33. The Hall–Kier alpha value is -4.66. The zero-order valence-corrected chi connectivity index (χ0v) is 19.4. The van der Waals surface area contributed by atoms with E-state index in [9.17, 15) is 14.4 Å². The molecule has 3 aromatic carbocycles. The highest BCUT2D eigenvalue weighted by Gasteiger charge is 2.13. The minimum atomic E-state index is -0.921. The summed E-state index contributed by atoms with van der Waals surface area (Å²) < 4.78 is 11.0. The van der Waals surface area contributed by atoms with Crippen LogP contribution in [0.1, 0.15) is 18.1 Å². The summed E-state index contributed by atoms with van der Waals surface area (Å²) >= 11 is 0. The first kappa shape index (κ1) is 25.0. The third-order valence-electron chi connectivity index (χ3n) is 4.61. The maximum absolute atomic E-state index is 12.3. The van der Waals surface area contributed by atoms with Crippen molar-refractivity contribution in [3.63, 3.8) is 0 Å². The van der Waals surface area contributed by atoms with Gasteiger partial charge >= 0.3 is 11.8 Å². The second-order valence-corrected chi connectivity index (χ2v) is 7.35. The summed E-state index contributed by atoms with van der Waals surface area (Å²) in [7, 11) is 0. The lowest BCUT2D eigenvalue weighted by molar-refractivity contribution is -0.136.